The van der Waals surface area contributed by atoms with Crippen molar-refractivity contribution in [3.63, 3.8) is 0 Å². The Labute approximate surface area is 324 Å². The summed E-state index contributed by atoms with van der Waals surface area (Å²) in [4.78, 5) is 10.5. The molecule has 0 saturated heterocycles. The van der Waals surface area contributed by atoms with Gasteiger partial charge in [0.05, 0.1) is 11.4 Å². The van der Waals surface area contributed by atoms with Crippen LogP contribution in [0.25, 0.3) is 132 Å². The number of nitrogens with zero attached hydrogens (tertiary/aromatic N) is 2. The van der Waals surface area contributed by atoms with Gasteiger partial charge in [-0.25, -0.2) is 9.97 Å². The van der Waals surface area contributed by atoms with Crippen molar-refractivity contribution in [2.75, 3.05) is 0 Å². The minimum Gasteiger partial charge on any atom is -0.456 e. The third-order valence-corrected chi connectivity index (χ3v) is 11.7. The molecule has 4 aromatic heterocycles. The van der Waals surface area contributed by atoms with E-state index < -0.39 is 0 Å². The van der Waals surface area contributed by atoms with Gasteiger partial charge in [-0.3, -0.25) is 0 Å². The molecular formula is C52H28N2O3. The van der Waals surface area contributed by atoms with Crippen molar-refractivity contribution in [3.8, 4) is 45.0 Å². The van der Waals surface area contributed by atoms with Gasteiger partial charge >= 0.3 is 0 Å². The summed E-state index contributed by atoms with van der Waals surface area (Å²) < 4.78 is 19.3. The molecule has 0 saturated carbocycles. The largest absolute Gasteiger partial charge is 0.456 e. The summed E-state index contributed by atoms with van der Waals surface area (Å²) in [7, 11) is 0. The summed E-state index contributed by atoms with van der Waals surface area (Å²) in [6.45, 7) is 0. The highest BCUT2D eigenvalue weighted by Crippen LogP contribution is 2.46. The number of aromatic nitrogens is 2. The molecule has 0 aliphatic rings. The molecule has 5 nitrogen and oxygen atoms in total. The zero-order chi connectivity index (χ0) is 37.2. The standard InChI is InChI=1S/C52H28N2O3/c1-2-10-29(11-3-1)40-28-41(31-23-24-34-33-12-4-5-18-42(33)55-46(34)27-31)54-52(53-40)39-17-9-19-43-49(39)37-25-22-30(26-47(37)57-43)32-13-6-14-35-36-15-7-20-44-50(36)51-38(48(32)35)16-8-21-45(51)56-44/h1-28H. The zero-order valence-electron chi connectivity index (χ0n) is 30.3. The second kappa shape index (κ2) is 11.4. The van der Waals surface area contributed by atoms with Crippen molar-refractivity contribution in [2.45, 2.75) is 0 Å². The van der Waals surface area contributed by atoms with Gasteiger partial charge in [-0.2, -0.15) is 0 Å². The summed E-state index contributed by atoms with van der Waals surface area (Å²) >= 11 is 0. The maximum absolute atomic E-state index is 6.69. The van der Waals surface area contributed by atoms with E-state index in [1.165, 1.54) is 32.3 Å². The van der Waals surface area contributed by atoms with E-state index in [4.69, 9.17) is 23.2 Å². The Morgan fingerprint density at radius 2 is 0.807 bits per heavy atom. The zero-order valence-corrected chi connectivity index (χ0v) is 30.3. The van der Waals surface area contributed by atoms with Crippen molar-refractivity contribution in [1.82, 2.24) is 9.97 Å². The number of hydrogen-bond acceptors (Lipinski definition) is 5. The molecule has 5 heteroatoms. The molecule has 0 bridgehead atoms. The predicted molar refractivity (Wildman–Crippen MR) is 232 cm³/mol. The van der Waals surface area contributed by atoms with Crippen LogP contribution in [0.15, 0.2) is 183 Å². The first kappa shape index (κ1) is 30.6. The van der Waals surface area contributed by atoms with E-state index in [2.05, 4.69) is 121 Å². The van der Waals surface area contributed by atoms with Crippen LogP contribution in [0.5, 0.6) is 0 Å². The lowest BCUT2D eigenvalue weighted by atomic mass is 9.89. The molecule has 0 aliphatic carbocycles. The third kappa shape index (κ3) is 4.39. The summed E-state index contributed by atoms with van der Waals surface area (Å²) in [6.07, 6.45) is 0. The van der Waals surface area contributed by atoms with Gasteiger partial charge in [0.25, 0.3) is 0 Å². The molecule has 13 aromatic rings. The number of para-hydroxylation sites is 1. The molecule has 0 amide bonds. The Balaban J connectivity index is 1.00. The molecule has 0 fully saturated rings. The van der Waals surface area contributed by atoms with Crippen LogP contribution in [0.2, 0.25) is 0 Å². The SMILES string of the molecule is c1ccc(-c2cc(-c3ccc4c(c3)oc3ccccc34)nc(-c3cccc4oc5cc(-c6cccc7c8cccc9oc%10cccc(c67)c%10c98)ccc5c34)n2)cc1. The van der Waals surface area contributed by atoms with Crippen LogP contribution >= 0.6 is 0 Å². The smallest absolute Gasteiger partial charge is 0.161 e. The van der Waals surface area contributed by atoms with Crippen LogP contribution < -0.4 is 0 Å². The fourth-order valence-electron chi connectivity index (χ4n) is 9.14. The second-order valence-corrected chi connectivity index (χ2v) is 14.8. The maximum atomic E-state index is 6.69. The molecule has 0 atom stereocenters. The molecule has 0 radical (unpaired) electrons. The van der Waals surface area contributed by atoms with Crippen molar-refractivity contribution < 1.29 is 13.3 Å². The Hall–Kier alpha value is -7.76. The van der Waals surface area contributed by atoms with E-state index in [0.717, 1.165) is 94.2 Å². The predicted octanol–water partition coefficient (Wildman–Crippen LogP) is 14.6. The quantitative estimate of drug-likeness (QED) is 0.169. The average Bonchev–Trinajstić information content (AvgIpc) is 3.97. The highest BCUT2D eigenvalue weighted by atomic mass is 16.3. The van der Waals surface area contributed by atoms with E-state index in [1.807, 2.05) is 48.5 Å². The average molecular weight is 729 g/mol. The van der Waals surface area contributed by atoms with Gasteiger partial charge in [-0.15, -0.1) is 0 Å². The van der Waals surface area contributed by atoms with Gasteiger partial charge in [-0.05, 0) is 87.3 Å². The highest BCUT2D eigenvalue weighted by molar-refractivity contribution is 6.35. The number of furan rings is 3. The molecule has 4 heterocycles. The first-order valence-electron chi connectivity index (χ1n) is 19.1. The number of hydrogen-bond donors (Lipinski definition) is 0. The third-order valence-electron chi connectivity index (χ3n) is 11.7. The normalized spacial score (nSPS) is 12.2. The molecule has 0 unspecified atom stereocenters. The first-order chi connectivity index (χ1) is 28.2. The topological polar surface area (TPSA) is 65.2 Å². The van der Waals surface area contributed by atoms with Crippen molar-refractivity contribution in [3.05, 3.63) is 170 Å². The van der Waals surface area contributed by atoms with Gasteiger partial charge in [0.1, 0.15) is 33.5 Å². The lowest BCUT2D eigenvalue weighted by molar-refractivity contribution is 0.668. The fourth-order valence-corrected chi connectivity index (χ4v) is 9.14. The van der Waals surface area contributed by atoms with Crippen molar-refractivity contribution in [2.24, 2.45) is 0 Å². The number of rotatable bonds is 4. The molecule has 57 heavy (non-hydrogen) atoms. The maximum Gasteiger partial charge on any atom is 0.161 e. The van der Waals surface area contributed by atoms with Crippen LogP contribution in [-0.2, 0) is 0 Å². The van der Waals surface area contributed by atoms with E-state index in [-0.39, 0.29) is 0 Å². The minimum absolute atomic E-state index is 0.628. The van der Waals surface area contributed by atoms with Crippen LogP contribution in [0.4, 0.5) is 0 Å². The van der Waals surface area contributed by atoms with E-state index in [9.17, 15) is 0 Å². The van der Waals surface area contributed by atoms with E-state index in [0.29, 0.717) is 5.82 Å². The number of fused-ring (bicyclic) bond motifs is 9. The van der Waals surface area contributed by atoms with Gasteiger partial charge in [-0.1, -0.05) is 115 Å². The molecular weight excluding hydrogens is 701 g/mol. The molecule has 264 valence electrons. The van der Waals surface area contributed by atoms with Gasteiger partial charge < -0.3 is 13.3 Å². The number of benzene rings is 9. The molecule has 13 rings (SSSR count). The Kier molecular flexibility index (Phi) is 6.10. The van der Waals surface area contributed by atoms with E-state index >= 15 is 0 Å². The van der Waals surface area contributed by atoms with E-state index in [1.54, 1.807) is 0 Å². The van der Waals surface area contributed by atoms with Crippen LogP contribution in [0, 0.1) is 0 Å². The van der Waals surface area contributed by atoms with Crippen LogP contribution in [0.3, 0.4) is 0 Å². The summed E-state index contributed by atoms with van der Waals surface area (Å²) in [5.74, 6) is 0.628. The minimum atomic E-state index is 0.628. The van der Waals surface area contributed by atoms with Crippen molar-refractivity contribution >= 4 is 87.4 Å². The first-order valence-corrected chi connectivity index (χ1v) is 19.1. The summed E-state index contributed by atoms with van der Waals surface area (Å²) in [5, 5.41) is 11.3. The van der Waals surface area contributed by atoms with Gasteiger partial charge in [0.2, 0.25) is 0 Å². The van der Waals surface area contributed by atoms with Gasteiger partial charge in [0, 0.05) is 49.0 Å². The molecule has 9 aromatic carbocycles. The molecule has 0 spiro atoms. The Morgan fingerprint density at radius 1 is 0.281 bits per heavy atom. The van der Waals surface area contributed by atoms with Crippen molar-refractivity contribution in [1.29, 1.82) is 0 Å². The fraction of sp³-hybridized carbons (Fsp3) is 0. The summed E-state index contributed by atoms with van der Waals surface area (Å²) in [6, 6.07) is 58.9. The van der Waals surface area contributed by atoms with Crippen LogP contribution in [-0.4, -0.2) is 9.97 Å². The van der Waals surface area contributed by atoms with Crippen LogP contribution in [0.1, 0.15) is 0 Å². The molecule has 0 aliphatic heterocycles. The monoisotopic (exact) mass is 728 g/mol. The Morgan fingerprint density at radius 3 is 1.67 bits per heavy atom. The Bertz CT molecular complexity index is 3760. The van der Waals surface area contributed by atoms with Gasteiger partial charge in [0.15, 0.2) is 5.82 Å². The lowest BCUT2D eigenvalue weighted by Crippen LogP contribution is -1.96. The highest BCUT2D eigenvalue weighted by Gasteiger charge is 2.21. The summed E-state index contributed by atoms with van der Waals surface area (Å²) in [5.41, 5.74) is 11.9. The lowest BCUT2D eigenvalue weighted by Gasteiger charge is -2.13. The molecule has 0 N–H and O–H groups in total. The second-order valence-electron chi connectivity index (χ2n) is 14.8.